The first kappa shape index (κ1) is 13.9. The molecule has 0 heterocycles. The van der Waals surface area contributed by atoms with Crippen molar-refractivity contribution in [1.82, 2.24) is 0 Å². The molecule has 0 fully saturated rings. The van der Waals surface area contributed by atoms with E-state index >= 15 is 0 Å². The summed E-state index contributed by atoms with van der Waals surface area (Å²) in [7, 11) is 1.47. The van der Waals surface area contributed by atoms with Crippen LogP contribution in [0.1, 0.15) is 15.9 Å². The summed E-state index contributed by atoms with van der Waals surface area (Å²) in [6.07, 6.45) is 0. The first-order valence-corrected chi connectivity index (χ1v) is 6.03. The van der Waals surface area contributed by atoms with Gasteiger partial charge in [0.25, 0.3) is 5.91 Å². The molecule has 0 saturated carbocycles. The maximum Gasteiger partial charge on any atom is 0.261 e. The first-order valence-electron chi connectivity index (χ1n) is 6.03. The van der Waals surface area contributed by atoms with Crippen LogP contribution in [0.15, 0.2) is 36.4 Å². The maximum atomic E-state index is 13.0. The highest BCUT2D eigenvalue weighted by molar-refractivity contribution is 6.10. The standard InChI is InChI=1S/C15H15FN2O2/c1-9-8-10(16)6-7-12(9)18-15(19)14-11(17)4-3-5-13(14)20-2/h3-8H,17H2,1-2H3,(H,18,19). The third-order valence-corrected chi connectivity index (χ3v) is 2.94. The Morgan fingerprint density at radius 3 is 2.70 bits per heavy atom. The number of nitrogens with two attached hydrogens (primary N) is 1. The summed E-state index contributed by atoms with van der Waals surface area (Å²) in [5.41, 5.74) is 7.56. The van der Waals surface area contributed by atoms with Gasteiger partial charge in [0.2, 0.25) is 0 Å². The molecule has 0 aliphatic carbocycles. The summed E-state index contributed by atoms with van der Waals surface area (Å²) in [5, 5.41) is 2.70. The number of halogens is 1. The lowest BCUT2D eigenvalue weighted by molar-refractivity contribution is 0.102. The fourth-order valence-corrected chi connectivity index (χ4v) is 1.91. The van der Waals surface area contributed by atoms with Crippen LogP contribution in [0.5, 0.6) is 5.75 Å². The average Bonchev–Trinajstić information content (AvgIpc) is 2.41. The van der Waals surface area contributed by atoms with Gasteiger partial charge in [0.15, 0.2) is 0 Å². The number of ether oxygens (including phenoxy) is 1. The second-order valence-corrected chi connectivity index (χ2v) is 4.34. The molecule has 2 rings (SSSR count). The number of nitrogen functional groups attached to an aromatic ring is 1. The van der Waals surface area contributed by atoms with Gasteiger partial charge in [-0.2, -0.15) is 0 Å². The zero-order valence-electron chi connectivity index (χ0n) is 11.2. The van der Waals surface area contributed by atoms with Gasteiger partial charge in [-0.05, 0) is 42.8 Å². The van der Waals surface area contributed by atoms with E-state index in [4.69, 9.17) is 10.5 Å². The second kappa shape index (κ2) is 5.61. The monoisotopic (exact) mass is 274 g/mol. The van der Waals surface area contributed by atoms with E-state index in [2.05, 4.69) is 5.32 Å². The normalized spacial score (nSPS) is 10.2. The van der Waals surface area contributed by atoms with E-state index in [0.717, 1.165) is 0 Å². The molecule has 0 unspecified atom stereocenters. The molecule has 4 nitrogen and oxygen atoms in total. The van der Waals surface area contributed by atoms with Crippen LogP contribution in [-0.2, 0) is 0 Å². The van der Waals surface area contributed by atoms with Gasteiger partial charge in [-0.25, -0.2) is 4.39 Å². The average molecular weight is 274 g/mol. The highest BCUT2D eigenvalue weighted by Crippen LogP contribution is 2.26. The molecule has 104 valence electrons. The van der Waals surface area contributed by atoms with Crippen LogP contribution in [-0.4, -0.2) is 13.0 Å². The van der Waals surface area contributed by atoms with Gasteiger partial charge in [0, 0.05) is 11.4 Å². The third-order valence-electron chi connectivity index (χ3n) is 2.94. The lowest BCUT2D eigenvalue weighted by Gasteiger charge is -2.12. The summed E-state index contributed by atoms with van der Waals surface area (Å²) in [5.74, 6) is -0.353. The molecule has 2 aromatic rings. The number of hydrogen-bond acceptors (Lipinski definition) is 3. The number of hydrogen-bond donors (Lipinski definition) is 2. The SMILES string of the molecule is COc1cccc(N)c1C(=O)Nc1ccc(F)cc1C. The molecule has 20 heavy (non-hydrogen) atoms. The minimum absolute atomic E-state index is 0.263. The van der Waals surface area contributed by atoms with E-state index in [-0.39, 0.29) is 11.4 Å². The van der Waals surface area contributed by atoms with Crippen LogP contribution in [0, 0.1) is 12.7 Å². The summed E-state index contributed by atoms with van der Waals surface area (Å²) in [6.45, 7) is 1.71. The number of benzene rings is 2. The molecular weight excluding hydrogens is 259 g/mol. The van der Waals surface area contributed by atoms with Gasteiger partial charge in [0.1, 0.15) is 17.1 Å². The van der Waals surface area contributed by atoms with E-state index in [9.17, 15) is 9.18 Å². The number of anilines is 2. The van der Waals surface area contributed by atoms with Gasteiger partial charge in [0.05, 0.1) is 7.11 Å². The highest BCUT2D eigenvalue weighted by Gasteiger charge is 2.16. The molecule has 1 amide bonds. The zero-order chi connectivity index (χ0) is 14.7. The van der Waals surface area contributed by atoms with Crippen molar-refractivity contribution in [2.45, 2.75) is 6.92 Å². The Bertz CT molecular complexity index is 656. The Labute approximate surface area is 116 Å². The van der Waals surface area contributed by atoms with Crippen molar-refractivity contribution >= 4 is 17.3 Å². The lowest BCUT2D eigenvalue weighted by Crippen LogP contribution is -2.16. The molecule has 0 aliphatic rings. The predicted octanol–water partition coefficient (Wildman–Crippen LogP) is 2.98. The summed E-state index contributed by atoms with van der Waals surface area (Å²) in [4.78, 5) is 12.3. The van der Waals surface area contributed by atoms with Crippen LogP contribution >= 0.6 is 0 Å². The second-order valence-electron chi connectivity index (χ2n) is 4.34. The molecule has 0 saturated heterocycles. The van der Waals surface area contributed by atoms with Gasteiger partial charge in [-0.15, -0.1) is 0 Å². The fourth-order valence-electron chi connectivity index (χ4n) is 1.91. The van der Waals surface area contributed by atoms with Crippen molar-refractivity contribution in [3.8, 4) is 5.75 Å². The number of nitrogens with one attached hydrogen (secondary N) is 1. The Morgan fingerprint density at radius 1 is 1.30 bits per heavy atom. The smallest absolute Gasteiger partial charge is 0.261 e. The number of aryl methyl sites for hydroxylation is 1. The van der Waals surface area contributed by atoms with Crippen LogP contribution in [0.4, 0.5) is 15.8 Å². The highest BCUT2D eigenvalue weighted by atomic mass is 19.1. The van der Waals surface area contributed by atoms with Crippen molar-refractivity contribution in [3.63, 3.8) is 0 Å². The van der Waals surface area contributed by atoms with Gasteiger partial charge < -0.3 is 15.8 Å². The van der Waals surface area contributed by atoms with Gasteiger partial charge in [-0.3, -0.25) is 4.79 Å². The fraction of sp³-hybridized carbons (Fsp3) is 0.133. The molecule has 2 aromatic carbocycles. The Kier molecular flexibility index (Phi) is 3.89. The molecule has 0 bridgehead atoms. The molecule has 3 N–H and O–H groups in total. The van der Waals surface area contributed by atoms with Crippen LogP contribution in [0.25, 0.3) is 0 Å². The van der Waals surface area contributed by atoms with Crippen LogP contribution < -0.4 is 15.8 Å². The molecular formula is C15H15FN2O2. The predicted molar refractivity (Wildman–Crippen MR) is 76.5 cm³/mol. The summed E-state index contributed by atoms with van der Waals surface area (Å²) in [6, 6.07) is 9.12. The third kappa shape index (κ3) is 2.71. The minimum Gasteiger partial charge on any atom is -0.496 e. The number of methoxy groups -OCH3 is 1. The van der Waals surface area contributed by atoms with Gasteiger partial charge in [-0.1, -0.05) is 6.07 Å². The summed E-state index contributed by atoms with van der Waals surface area (Å²) >= 11 is 0. The minimum atomic E-state index is -0.394. The first-order chi connectivity index (χ1) is 9.52. The summed E-state index contributed by atoms with van der Waals surface area (Å²) < 4.78 is 18.2. The van der Waals surface area contributed by atoms with Crippen molar-refractivity contribution in [3.05, 3.63) is 53.3 Å². The topological polar surface area (TPSA) is 64.3 Å². The molecule has 5 heteroatoms. The number of amides is 1. The van der Waals surface area contributed by atoms with Crippen LogP contribution in [0.2, 0.25) is 0 Å². The molecule has 0 aromatic heterocycles. The zero-order valence-corrected chi connectivity index (χ0v) is 11.2. The van der Waals surface area contributed by atoms with E-state index in [1.807, 2.05) is 0 Å². The van der Waals surface area contributed by atoms with E-state index in [0.29, 0.717) is 22.7 Å². The Hall–Kier alpha value is -2.56. The van der Waals surface area contributed by atoms with Gasteiger partial charge >= 0.3 is 0 Å². The number of carbonyl (C=O) groups is 1. The van der Waals surface area contributed by atoms with E-state index in [1.54, 1.807) is 25.1 Å². The Balaban J connectivity index is 2.33. The number of rotatable bonds is 3. The van der Waals surface area contributed by atoms with E-state index < -0.39 is 5.91 Å². The molecule has 0 radical (unpaired) electrons. The van der Waals surface area contributed by atoms with Crippen molar-refractivity contribution in [1.29, 1.82) is 0 Å². The molecule has 0 aliphatic heterocycles. The van der Waals surface area contributed by atoms with Crippen LogP contribution in [0.3, 0.4) is 0 Å². The maximum absolute atomic E-state index is 13.0. The largest absolute Gasteiger partial charge is 0.496 e. The quantitative estimate of drug-likeness (QED) is 0.846. The lowest BCUT2D eigenvalue weighted by atomic mass is 10.1. The Morgan fingerprint density at radius 2 is 2.05 bits per heavy atom. The van der Waals surface area contributed by atoms with E-state index in [1.165, 1.54) is 25.3 Å². The molecule has 0 spiro atoms. The van der Waals surface area contributed by atoms with Crippen molar-refractivity contribution in [2.75, 3.05) is 18.2 Å². The van der Waals surface area contributed by atoms with Crippen molar-refractivity contribution < 1.29 is 13.9 Å². The number of carbonyl (C=O) groups excluding carboxylic acids is 1. The van der Waals surface area contributed by atoms with Crippen molar-refractivity contribution in [2.24, 2.45) is 0 Å². The molecule has 0 atom stereocenters.